The average molecular weight is 489 g/mol. The van der Waals surface area contributed by atoms with E-state index < -0.39 is 17.2 Å². The number of aromatic amines is 1. The number of carbonyl (C=O) groups excluding carboxylic acids is 1. The molecule has 1 aliphatic rings. The van der Waals surface area contributed by atoms with E-state index in [0.717, 1.165) is 36.8 Å². The third kappa shape index (κ3) is 6.13. The van der Waals surface area contributed by atoms with Gasteiger partial charge in [0.1, 0.15) is 11.6 Å². The standard InChI is InChI=1S/C28H32N4O4/c1-20-12-14-23(15-13-20)36-19-24(33)31(17-16-21-8-4-2-5-9-21)25-26(29)32(28(35)30-27(25)34)18-22-10-6-3-7-11-22/h3,6-8,10-15H,2,4-5,9,16-19,29H2,1H3,(H,30,34,35). The Hall–Kier alpha value is -4.07. The normalized spacial score (nSPS) is 13.2. The number of nitrogens with one attached hydrogen (secondary N) is 1. The van der Waals surface area contributed by atoms with Crippen LogP contribution in [0.2, 0.25) is 0 Å². The summed E-state index contributed by atoms with van der Waals surface area (Å²) in [5.74, 6) is 0.0998. The maximum atomic E-state index is 13.4. The predicted molar refractivity (Wildman–Crippen MR) is 141 cm³/mol. The molecule has 3 aromatic rings. The molecule has 0 aliphatic heterocycles. The Bertz CT molecular complexity index is 1340. The van der Waals surface area contributed by atoms with Crippen molar-refractivity contribution < 1.29 is 9.53 Å². The van der Waals surface area contributed by atoms with E-state index in [1.807, 2.05) is 49.4 Å². The zero-order chi connectivity index (χ0) is 25.5. The lowest BCUT2D eigenvalue weighted by molar-refractivity contribution is -0.120. The molecule has 0 bridgehead atoms. The molecule has 0 saturated carbocycles. The summed E-state index contributed by atoms with van der Waals surface area (Å²) in [6.45, 7) is 2.13. The van der Waals surface area contributed by atoms with Gasteiger partial charge in [-0.25, -0.2) is 4.79 Å². The molecular formula is C28H32N4O4. The number of allylic oxidation sites excluding steroid dienone is 1. The van der Waals surface area contributed by atoms with Gasteiger partial charge >= 0.3 is 5.69 Å². The number of aryl methyl sites for hydroxylation is 1. The van der Waals surface area contributed by atoms with Crippen LogP contribution in [-0.2, 0) is 11.3 Å². The number of anilines is 2. The number of nitrogens with zero attached hydrogens (tertiary/aromatic N) is 2. The van der Waals surface area contributed by atoms with Gasteiger partial charge in [-0.1, -0.05) is 59.7 Å². The van der Waals surface area contributed by atoms with Crippen molar-refractivity contribution in [1.29, 1.82) is 0 Å². The van der Waals surface area contributed by atoms with Crippen LogP contribution in [0.4, 0.5) is 11.5 Å². The van der Waals surface area contributed by atoms with Crippen LogP contribution in [0, 0.1) is 6.92 Å². The van der Waals surface area contributed by atoms with Crippen molar-refractivity contribution in [3.05, 3.63) is 98.2 Å². The van der Waals surface area contributed by atoms with Crippen molar-refractivity contribution in [2.45, 2.75) is 45.6 Å². The average Bonchev–Trinajstić information content (AvgIpc) is 2.89. The molecule has 4 rings (SSSR count). The van der Waals surface area contributed by atoms with Crippen molar-refractivity contribution in [3.8, 4) is 5.75 Å². The van der Waals surface area contributed by atoms with Crippen molar-refractivity contribution in [3.63, 3.8) is 0 Å². The first-order chi connectivity index (χ1) is 17.4. The lowest BCUT2D eigenvalue weighted by Gasteiger charge is -2.25. The summed E-state index contributed by atoms with van der Waals surface area (Å²) in [7, 11) is 0. The van der Waals surface area contributed by atoms with E-state index in [9.17, 15) is 14.4 Å². The second kappa shape index (κ2) is 11.6. The van der Waals surface area contributed by atoms with Gasteiger partial charge in [-0.05, 0) is 56.7 Å². The Kier molecular flexibility index (Phi) is 8.05. The quantitative estimate of drug-likeness (QED) is 0.446. The van der Waals surface area contributed by atoms with Gasteiger partial charge in [0.25, 0.3) is 11.5 Å². The Morgan fingerprint density at radius 2 is 1.83 bits per heavy atom. The number of aromatic nitrogens is 2. The summed E-state index contributed by atoms with van der Waals surface area (Å²) in [5, 5.41) is 0. The number of amides is 1. The number of carbonyl (C=O) groups is 1. The molecular weight excluding hydrogens is 456 g/mol. The Balaban J connectivity index is 1.65. The van der Waals surface area contributed by atoms with Gasteiger partial charge in [0.2, 0.25) is 0 Å². The Labute approximate surface area is 210 Å². The first kappa shape index (κ1) is 25.0. The minimum absolute atomic E-state index is 0.0283. The van der Waals surface area contributed by atoms with Crippen LogP contribution < -0.4 is 26.6 Å². The van der Waals surface area contributed by atoms with Crippen LogP contribution in [-0.4, -0.2) is 28.6 Å². The van der Waals surface area contributed by atoms with E-state index in [4.69, 9.17) is 10.5 Å². The minimum atomic E-state index is -0.692. The number of ether oxygens (including phenoxy) is 1. The zero-order valence-corrected chi connectivity index (χ0v) is 20.5. The maximum Gasteiger partial charge on any atom is 0.330 e. The van der Waals surface area contributed by atoms with Crippen molar-refractivity contribution >= 4 is 17.4 Å². The molecule has 1 amide bonds. The molecule has 0 fully saturated rings. The SMILES string of the molecule is Cc1ccc(OCC(=O)N(CCC2=CCCCC2)c2c(N)n(Cc3ccccc3)c(=O)[nH]c2=O)cc1. The molecule has 0 radical (unpaired) electrons. The van der Waals surface area contributed by atoms with Gasteiger partial charge in [0.05, 0.1) is 6.54 Å². The van der Waals surface area contributed by atoms with E-state index in [1.165, 1.54) is 15.0 Å². The van der Waals surface area contributed by atoms with E-state index >= 15 is 0 Å². The van der Waals surface area contributed by atoms with E-state index in [0.29, 0.717) is 12.2 Å². The smallest absolute Gasteiger partial charge is 0.330 e. The fourth-order valence-corrected chi connectivity index (χ4v) is 4.37. The highest BCUT2D eigenvalue weighted by molar-refractivity contribution is 5.96. The highest BCUT2D eigenvalue weighted by atomic mass is 16.5. The molecule has 2 aromatic carbocycles. The molecule has 0 atom stereocenters. The lowest BCUT2D eigenvalue weighted by atomic mass is 9.97. The van der Waals surface area contributed by atoms with Gasteiger partial charge in [0.15, 0.2) is 12.3 Å². The highest BCUT2D eigenvalue weighted by Crippen LogP contribution is 2.24. The third-order valence-corrected chi connectivity index (χ3v) is 6.39. The molecule has 3 N–H and O–H groups in total. The van der Waals surface area contributed by atoms with Crippen LogP contribution >= 0.6 is 0 Å². The molecule has 0 unspecified atom stereocenters. The summed E-state index contributed by atoms with van der Waals surface area (Å²) in [4.78, 5) is 42.7. The zero-order valence-electron chi connectivity index (χ0n) is 20.5. The molecule has 188 valence electrons. The van der Waals surface area contributed by atoms with Crippen molar-refractivity contribution in [1.82, 2.24) is 9.55 Å². The topological polar surface area (TPSA) is 110 Å². The fraction of sp³-hybridized carbons (Fsp3) is 0.321. The van der Waals surface area contributed by atoms with E-state index in [2.05, 4.69) is 11.1 Å². The molecule has 0 spiro atoms. The van der Waals surface area contributed by atoms with Crippen LogP contribution in [0.15, 0.2) is 75.8 Å². The summed E-state index contributed by atoms with van der Waals surface area (Å²) in [5.41, 5.74) is 8.24. The highest BCUT2D eigenvalue weighted by Gasteiger charge is 2.25. The fourth-order valence-electron chi connectivity index (χ4n) is 4.37. The monoisotopic (exact) mass is 488 g/mol. The maximum absolute atomic E-state index is 13.4. The largest absolute Gasteiger partial charge is 0.484 e. The van der Waals surface area contributed by atoms with Crippen LogP contribution in [0.25, 0.3) is 0 Å². The number of rotatable bonds is 9. The number of benzene rings is 2. The van der Waals surface area contributed by atoms with Crippen molar-refractivity contribution in [2.24, 2.45) is 0 Å². The van der Waals surface area contributed by atoms with Gasteiger partial charge < -0.3 is 15.4 Å². The number of nitrogen functional groups attached to an aromatic ring is 1. The van der Waals surface area contributed by atoms with E-state index in [1.54, 1.807) is 12.1 Å². The van der Waals surface area contributed by atoms with Gasteiger partial charge in [0, 0.05) is 6.54 Å². The Morgan fingerprint density at radius 3 is 2.53 bits per heavy atom. The number of nitrogens with two attached hydrogens (primary N) is 1. The Morgan fingerprint density at radius 1 is 1.08 bits per heavy atom. The first-order valence-electron chi connectivity index (χ1n) is 12.3. The molecule has 8 heteroatoms. The summed E-state index contributed by atoms with van der Waals surface area (Å²) >= 11 is 0. The van der Waals surface area contributed by atoms with Crippen LogP contribution in [0.5, 0.6) is 5.75 Å². The molecule has 1 aromatic heterocycles. The second-order valence-corrected chi connectivity index (χ2v) is 9.07. The van der Waals surface area contributed by atoms with Gasteiger partial charge in [-0.3, -0.25) is 19.1 Å². The second-order valence-electron chi connectivity index (χ2n) is 9.07. The molecule has 8 nitrogen and oxygen atoms in total. The third-order valence-electron chi connectivity index (χ3n) is 6.39. The predicted octanol–water partition coefficient (Wildman–Crippen LogP) is 3.78. The van der Waals surface area contributed by atoms with Gasteiger partial charge in [-0.15, -0.1) is 0 Å². The summed E-state index contributed by atoms with van der Waals surface area (Å²) in [6.07, 6.45) is 7.09. The first-order valence-corrected chi connectivity index (χ1v) is 12.3. The number of hydrogen-bond donors (Lipinski definition) is 2. The molecule has 1 aliphatic carbocycles. The van der Waals surface area contributed by atoms with Crippen LogP contribution in [0.3, 0.4) is 0 Å². The summed E-state index contributed by atoms with van der Waals surface area (Å²) < 4.78 is 7.00. The lowest BCUT2D eigenvalue weighted by Crippen LogP contribution is -2.43. The number of H-pyrrole nitrogens is 1. The minimum Gasteiger partial charge on any atom is -0.484 e. The van der Waals surface area contributed by atoms with Crippen LogP contribution in [0.1, 0.15) is 43.2 Å². The van der Waals surface area contributed by atoms with Gasteiger partial charge in [-0.2, -0.15) is 0 Å². The number of hydrogen-bond acceptors (Lipinski definition) is 5. The van der Waals surface area contributed by atoms with E-state index in [-0.39, 0.29) is 31.2 Å². The van der Waals surface area contributed by atoms with Crippen molar-refractivity contribution in [2.75, 3.05) is 23.8 Å². The molecule has 1 heterocycles. The summed E-state index contributed by atoms with van der Waals surface area (Å²) in [6, 6.07) is 16.7. The molecule has 36 heavy (non-hydrogen) atoms. The molecule has 0 saturated heterocycles.